The number of carbonyl (C=O) groups is 3. The topological polar surface area (TPSA) is 138 Å². The zero-order chi connectivity index (χ0) is 36.5. The van der Waals surface area contributed by atoms with Crippen molar-refractivity contribution in [3.63, 3.8) is 0 Å². The first kappa shape index (κ1) is 36.4. The number of rotatable bonds is 8. The average Bonchev–Trinajstić information content (AvgIpc) is 3.43. The number of alkyl carbamates (subject to hydrolysis) is 1. The summed E-state index contributed by atoms with van der Waals surface area (Å²) in [5, 5.41) is 5.87. The van der Waals surface area contributed by atoms with Crippen LogP contribution in [0.25, 0.3) is 22.3 Å². The van der Waals surface area contributed by atoms with Gasteiger partial charge in [-0.15, -0.1) is 0 Å². The number of anilines is 1. The van der Waals surface area contributed by atoms with Crippen molar-refractivity contribution in [2.45, 2.75) is 58.1 Å². The molecule has 0 aliphatic carbocycles. The van der Waals surface area contributed by atoms with Crippen molar-refractivity contribution >= 4 is 44.6 Å². The fourth-order valence-electron chi connectivity index (χ4n) is 6.30. The first-order valence-corrected chi connectivity index (χ1v) is 18.2. The molecule has 1 aliphatic heterocycles. The summed E-state index contributed by atoms with van der Waals surface area (Å²) in [5.74, 6) is -1.36. The third-order valence-corrected chi connectivity index (χ3v) is 10.0. The van der Waals surface area contributed by atoms with Gasteiger partial charge in [0.25, 0.3) is 5.91 Å². The highest BCUT2D eigenvalue weighted by Crippen LogP contribution is 2.42. The van der Waals surface area contributed by atoms with Crippen molar-refractivity contribution < 1.29 is 36.3 Å². The number of halogens is 1. The minimum absolute atomic E-state index is 0.208. The summed E-state index contributed by atoms with van der Waals surface area (Å²) in [5.41, 5.74) is 2.56. The van der Waals surface area contributed by atoms with E-state index in [4.69, 9.17) is 9.15 Å². The number of ether oxygens (including phenoxy) is 1. The number of benzene rings is 3. The smallest absolute Gasteiger partial charge is 0.408 e. The first-order valence-electron chi connectivity index (χ1n) is 16.3. The van der Waals surface area contributed by atoms with Gasteiger partial charge in [-0.3, -0.25) is 13.9 Å². The lowest BCUT2D eigenvalue weighted by molar-refractivity contribution is -0.135. The zero-order valence-corrected chi connectivity index (χ0v) is 30.1. The Morgan fingerprint density at radius 1 is 1.08 bits per heavy atom. The van der Waals surface area contributed by atoms with Crippen molar-refractivity contribution in [2.24, 2.45) is 0 Å². The van der Waals surface area contributed by atoms with Gasteiger partial charge in [-0.05, 0) is 87.6 Å². The number of carbonyl (C=O) groups excluding carboxylic acids is 3. The summed E-state index contributed by atoms with van der Waals surface area (Å²) in [6.07, 6.45) is 1.58. The van der Waals surface area contributed by atoms with Gasteiger partial charge in [0.05, 0.1) is 17.5 Å². The molecule has 4 aromatic rings. The van der Waals surface area contributed by atoms with Gasteiger partial charge in [0.15, 0.2) is 0 Å². The van der Waals surface area contributed by atoms with Crippen LogP contribution in [0.2, 0.25) is 0 Å². The minimum Gasteiger partial charge on any atom is -0.455 e. The molecular weight excluding hydrogens is 663 g/mol. The summed E-state index contributed by atoms with van der Waals surface area (Å²) >= 11 is 0. The number of fused-ring (bicyclic) bond motifs is 1. The predicted molar refractivity (Wildman–Crippen MR) is 190 cm³/mol. The van der Waals surface area contributed by atoms with E-state index in [0.29, 0.717) is 47.2 Å². The van der Waals surface area contributed by atoms with Crippen LogP contribution >= 0.6 is 0 Å². The maximum atomic E-state index is 14.3. The van der Waals surface area contributed by atoms with E-state index in [1.165, 1.54) is 38.4 Å². The highest BCUT2D eigenvalue weighted by Gasteiger charge is 2.35. The molecule has 266 valence electrons. The molecule has 2 heterocycles. The number of nitrogens with one attached hydrogen (secondary N) is 2. The van der Waals surface area contributed by atoms with E-state index in [1.54, 1.807) is 49.9 Å². The molecule has 2 atom stereocenters. The van der Waals surface area contributed by atoms with Crippen LogP contribution < -0.4 is 14.9 Å². The van der Waals surface area contributed by atoms with Crippen LogP contribution in [-0.2, 0) is 19.6 Å². The van der Waals surface area contributed by atoms with Crippen LogP contribution in [0.3, 0.4) is 0 Å². The van der Waals surface area contributed by atoms with Crippen molar-refractivity contribution in [3.8, 4) is 11.3 Å². The Kier molecular flexibility index (Phi) is 10.3. The Morgan fingerprint density at radius 3 is 2.38 bits per heavy atom. The van der Waals surface area contributed by atoms with Crippen molar-refractivity contribution in [3.05, 3.63) is 88.7 Å². The van der Waals surface area contributed by atoms with Crippen molar-refractivity contribution in [1.82, 2.24) is 15.5 Å². The Balaban J connectivity index is 1.60. The Morgan fingerprint density at radius 2 is 1.76 bits per heavy atom. The standard InChI is InChI=1S/C37H43FN4O7S/c1-22-11-8-9-13-26(22)32(40-36(45)49-37(2,3)4)35(44)42-18-10-12-24(21-42)27-19-28-30(20-29(27)41(6)50(7,46)47)48-33(31(28)34(43)39-5)23-14-16-25(38)17-15-23/h8-9,11,13-17,19-20,24,32H,10,12,18,21H2,1-7H3,(H,39,43)(H,40,45)/t24?,32-/m1/s1. The quantitative estimate of drug-likeness (QED) is 0.220. The summed E-state index contributed by atoms with van der Waals surface area (Å²) in [7, 11) is -0.823. The number of amides is 3. The molecule has 1 saturated heterocycles. The van der Waals surface area contributed by atoms with Crippen LogP contribution in [0, 0.1) is 12.7 Å². The van der Waals surface area contributed by atoms with Crippen molar-refractivity contribution in [1.29, 1.82) is 0 Å². The maximum absolute atomic E-state index is 14.3. The maximum Gasteiger partial charge on any atom is 0.408 e. The second-order valence-electron chi connectivity index (χ2n) is 13.6. The second-order valence-corrected chi connectivity index (χ2v) is 15.6. The van der Waals surface area contributed by atoms with Crippen LogP contribution in [-0.4, -0.2) is 70.3 Å². The average molecular weight is 707 g/mol. The number of hydrogen-bond donors (Lipinski definition) is 2. The molecule has 5 rings (SSSR count). The highest BCUT2D eigenvalue weighted by molar-refractivity contribution is 7.92. The first-order chi connectivity index (χ1) is 23.5. The van der Waals surface area contributed by atoms with Crippen LogP contribution in [0.15, 0.2) is 65.1 Å². The molecule has 0 spiro atoms. The summed E-state index contributed by atoms with van der Waals surface area (Å²) in [6.45, 7) is 7.72. The summed E-state index contributed by atoms with van der Waals surface area (Å²) < 4.78 is 52.5. The molecule has 13 heteroatoms. The minimum atomic E-state index is -3.75. The van der Waals surface area contributed by atoms with E-state index in [0.717, 1.165) is 16.1 Å². The SMILES string of the molecule is CNC(=O)c1c(-c2ccc(F)cc2)oc2cc(N(C)S(C)(=O)=O)c(C3CCCN(C(=O)[C@H](NC(=O)OC(C)(C)C)c4ccccc4C)C3)cc12. The molecule has 3 aromatic carbocycles. The fourth-order valence-corrected chi connectivity index (χ4v) is 6.82. The van der Waals surface area contributed by atoms with Gasteiger partial charge in [-0.25, -0.2) is 17.6 Å². The third kappa shape index (κ3) is 7.77. The number of hydrogen-bond acceptors (Lipinski definition) is 7. The Bertz CT molecular complexity index is 2040. The van der Waals surface area contributed by atoms with E-state index in [2.05, 4.69) is 10.6 Å². The summed E-state index contributed by atoms with van der Waals surface area (Å²) in [6, 6.07) is 15.2. The van der Waals surface area contributed by atoms with E-state index < -0.39 is 39.5 Å². The molecule has 11 nitrogen and oxygen atoms in total. The highest BCUT2D eigenvalue weighted by atomic mass is 32.2. The molecule has 1 aromatic heterocycles. The number of nitrogens with zero attached hydrogens (tertiary/aromatic N) is 2. The Labute approximate surface area is 291 Å². The molecule has 1 unspecified atom stereocenters. The molecule has 0 bridgehead atoms. The third-order valence-electron chi connectivity index (χ3n) is 8.81. The zero-order valence-electron chi connectivity index (χ0n) is 29.3. The van der Waals surface area contributed by atoms with Gasteiger partial charge in [0.2, 0.25) is 15.9 Å². The molecular formula is C37H43FN4O7S. The van der Waals surface area contributed by atoms with Gasteiger partial charge in [0.1, 0.15) is 28.8 Å². The van der Waals surface area contributed by atoms with Crippen LogP contribution in [0.5, 0.6) is 0 Å². The van der Waals surface area contributed by atoms with E-state index >= 15 is 0 Å². The van der Waals surface area contributed by atoms with Gasteiger partial charge < -0.3 is 24.7 Å². The lowest BCUT2D eigenvalue weighted by Crippen LogP contribution is -2.47. The number of furan rings is 1. The predicted octanol–water partition coefficient (Wildman–Crippen LogP) is 6.27. The van der Waals surface area contributed by atoms with Crippen molar-refractivity contribution in [2.75, 3.05) is 37.7 Å². The van der Waals surface area contributed by atoms with Crippen LogP contribution in [0.4, 0.5) is 14.9 Å². The molecule has 1 aliphatic rings. The number of piperidine rings is 1. The van der Waals surface area contributed by atoms with Gasteiger partial charge >= 0.3 is 6.09 Å². The van der Waals surface area contributed by atoms with Crippen LogP contribution in [0.1, 0.15) is 72.6 Å². The lowest BCUT2D eigenvalue weighted by atomic mass is 9.87. The monoisotopic (exact) mass is 706 g/mol. The number of sulfonamides is 1. The summed E-state index contributed by atoms with van der Waals surface area (Å²) in [4.78, 5) is 42.3. The molecule has 0 saturated carbocycles. The van der Waals surface area contributed by atoms with Gasteiger partial charge in [-0.1, -0.05) is 24.3 Å². The molecule has 3 amide bonds. The van der Waals surface area contributed by atoms with E-state index in [9.17, 15) is 27.2 Å². The van der Waals surface area contributed by atoms with E-state index in [-0.39, 0.29) is 35.3 Å². The van der Waals surface area contributed by atoms with Gasteiger partial charge in [0, 0.05) is 50.1 Å². The number of likely N-dealkylation sites (tertiary alicyclic amines) is 1. The largest absolute Gasteiger partial charge is 0.455 e. The molecule has 1 fully saturated rings. The number of aryl methyl sites for hydroxylation is 1. The molecule has 2 N–H and O–H groups in total. The fraction of sp³-hybridized carbons (Fsp3) is 0.378. The van der Waals surface area contributed by atoms with Gasteiger partial charge in [-0.2, -0.15) is 0 Å². The molecule has 0 radical (unpaired) electrons. The lowest BCUT2D eigenvalue weighted by Gasteiger charge is -2.37. The Hall–Kier alpha value is -4.91. The normalized spacial score (nSPS) is 15.8. The van der Waals surface area contributed by atoms with E-state index in [1.807, 2.05) is 19.1 Å². The molecule has 50 heavy (non-hydrogen) atoms. The second kappa shape index (κ2) is 14.1.